The third-order valence-electron chi connectivity index (χ3n) is 5.22. The van der Waals surface area contributed by atoms with Crippen LogP contribution in [-0.4, -0.2) is 6.61 Å². The van der Waals surface area contributed by atoms with Gasteiger partial charge in [-0.15, -0.1) is 11.6 Å². The van der Waals surface area contributed by atoms with Crippen molar-refractivity contribution in [1.29, 1.82) is 0 Å². The van der Waals surface area contributed by atoms with E-state index in [0.29, 0.717) is 0 Å². The molecule has 2 aliphatic rings. The highest BCUT2D eigenvalue weighted by atomic mass is 35.5. The lowest BCUT2D eigenvalue weighted by atomic mass is 9.71. The van der Waals surface area contributed by atoms with Crippen LogP contribution in [0.25, 0.3) is 0 Å². The summed E-state index contributed by atoms with van der Waals surface area (Å²) in [5.41, 5.74) is 2.95. The Morgan fingerprint density at radius 3 is 2.50 bits per heavy atom. The van der Waals surface area contributed by atoms with E-state index in [9.17, 15) is 0 Å². The molecule has 1 atom stereocenters. The summed E-state index contributed by atoms with van der Waals surface area (Å²) < 4.78 is 5.78. The first-order valence-corrected chi connectivity index (χ1v) is 8.27. The van der Waals surface area contributed by atoms with Crippen LogP contribution < -0.4 is 4.74 Å². The Balaban J connectivity index is 1.91. The Hall–Kier alpha value is -0.690. The van der Waals surface area contributed by atoms with Crippen LogP contribution in [0, 0.1) is 5.41 Å². The molecule has 0 amide bonds. The molecule has 1 heterocycles. The fourth-order valence-corrected chi connectivity index (χ4v) is 4.07. The predicted molar refractivity (Wildman–Crippen MR) is 84.7 cm³/mol. The first-order valence-electron chi connectivity index (χ1n) is 7.84. The van der Waals surface area contributed by atoms with E-state index in [1.54, 1.807) is 0 Å². The summed E-state index contributed by atoms with van der Waals surface area (Å²) in [7, 11) is 0. The van der Waals surface area contributed by atoms with Gasteiger partial charge < -0.3 is 4.74 Å². The molecular weight excluding hydrogens is 268 g/mol. The van der Waals surface area contributed by atoms with E-state index in [0.717, 1.165) is 12.4 Å². The van der Waals surface area contributed by atoms with E-state index in [1.165, 1.54) is 43.2 Å². The Morgan fingerprint density at radius 1 is 1.10 bits per heavy atom. The van der Waals surface area contributed by atoms with Crippen LogP contribution in [0.5, 0.6) is 5.75 Å². The van der Waals surface area contributed by atoms with E-state index in [2.05, 4.69) is 39.0 Å². The van der Waals surface area contributed by atoms with E-state index in [-0.39, 0.29) is 16.2 Å². The lowest BCUT2D eigenvalue weighted by Crippen LogP contribution is -2.25. The minimum atomic E-state index is 0.107. The standard InChI is InChI=1S/C18H25ClO/c1-17(2)12-20-15-8-7-13(11-14(15)17)16(19)18(3)9-5-4-6-10-18/h7-8,11,16H,4-6,9-10,12H2,1-3H3. The number of halogens is 1. The van der Waals surface area contributed by atoms with Crippen molar-refractivity contribution in [2.24, 2.45) is 5.41 Å². The SMILES string of the molecule is CC1(C)COc2ccc(C(Cl)C3(C)CCCCC3)cc21. The average Bonchev–Trinajstić information content (AvgIpc) is 2.74. The minimum absolute atomic E-state index is 0.107. The summed E-state index contributed by atoms with van der Waals surface area (Å²) in [6.07, 6.45) is 6.50. The number of hydrogen-bond acceptors (Lipinski definition) is 1. The Morgan fingerprint density at radius 2 is 1.80 bits per heavy atom. The zero-order chi connectivity index (χ0) is 14.4. The quantitative estimate of drug-likeness (QED) is 0.644. The predicted octanol–water partition coefficient (Wildman–Crippen LogP) is 5.61. The van der Waals surface area contributed by atoms with Gasteiger partial charge in [0.2, 0.25) is 0 Å². The van der Waals surface area contributed by atoms with Crippen LogP contribution in [0.4, 0.5) is 0 Å². The van der Waals surface area contributed by atoms with Crippen molar-refractivity contribution in [2.75, 3.05) is 6.61 Å². The maximum absolute atomic E-state index is 6.88. The molecule has 1 aliphatic heterocycles. The first kappa shape index (κ1) is 14.3. The van der Waals surface area contributed by atoms with Crippen molar-refractivity contribution in [1.82, 2.24) is 0 Å². The van der Waals surface area contributed by atoms with Gasteiger partial charge in [-0.1, -0.05) is 46.1 Å². The van der Waals surface area contributed by atoms with E-state index in [4.69, 9.17) is 16.3 Å². The van der Waals surface area contributed by atoms with E-state index < -0.39 is 0 Å². The van der Waals surface area contributed by atoms with Crippen LogP contribution in [0.3, 0.4) is 0 Å². The highest BCUT2D eigenvalue weighted by molar-refractivity contribution is 6.21. The van der Waals surface area contributed by atoms with Gasteiger partial charge in [0.25, 0.3) is 0 Å². The summed E-state index contributed by atoms with van der Waals surface area (Å²) in [6, 6.07) is 6.57. The zero-order valence-electron chi connectivity index (χ0n) is 12.8. The Labute approximate surface area is 127 Å². The van der Waals surface area contributed by atoms with Crippen LogP contribution >= 0.6 is 11.6 Å². The van der Waals surface area contributed by atoms with Crippen LogP contribution in [0.15, 0.2) is 18.2 Å². The smallest absolute Gasteiger partial charge is 0.123 e. The summed E-state index contributed by atoms with van der Waals surface area (Å²) in [4.78, 5) is 0. The molecule has 0 N–H and O–H groups in total. The monoisotopic (exact) mass is 292 g/mol. The van der Waals surface area contributed by atoms with Crippen molar-refractivity contribution >= 4 is 11.6 Å². The number of hydrogen-bond donors (Lipinski definition) is 0. The molecule has 3 rings (SSSR count). The molecule has 0 saturated heterocycles. The summed E-state index contributed by atoms with van der Waals surface area (Å²) in [5.74, 6) is 1.04. The molecule has 0 aromatic heterocycles. The van der Waals surface area contributed by atoms with Crippen molar-refractivity contribution in [3.8, 4) is 5.75 Å². The molecule has 0 bridgehead atoms. The molecule has 1 fully saturated rings. The van der Waals surface area contributed by atoms with Gasteiger partial charge in [0, 0.05) is 11.0 Å². The van der Waals surface area contributed by atoms with E-state index in [1.807, 2.05) is 0 Å². The van der Waals surface area contributed by atoms with Gasteiger partial charge in [0.1, 0.15) is 5.75 Å². The second-order valence-corrected chi connectivity index (χ2v) is 7.94. The molecular formula is C18H25ClO. The lowest BCUT2D eigenvalue weighted by Gasteiger charge is -2.38. The molecule has 2 heteroatoms. The highest BCUT2D eigenvalue weighted by Gasteiger charge is 2.37. The molecule has 1 unspecified atom stereocenters. The molecule has 0 spiro atoms. The molecule has 1 aromatic rings. The number of alkyl halides is 1. The maximum atomic E-state index is 6.88. The summed E-state index contributed by atoms with van der Waals surface area (Å²) in [5, 5.41) is 0.115. The van der Waals surface area contributed by atoms with Crippen LogP contribution in [0.1, 0.15) is 69.4 Å². The second-order valence-electron chi connectivity index (χ2n) is 7.51. The normalized spacial score (nSPS) is 24.8. The highest BCUT2D eigenvalue weighted by Crippen LogP contribution is 2.50. The summed E-state index contributed by atoms with van der Waals surface area (Å²) in [6.45, 7) is 7.62. The van der Waals surface area contributed by atoms with Crippen molar-refractivity contribution in [2.45, 2.75) is 63.7 Å². The summed E-state index contributed by atoms with van der Waals surface area (Å²) >= 11 is 6.88. The molecule has 0 radical (unpaired) electrons. The lowest BCUT2D eigenvalue weighted by molar-refractivity contribution is 0.206. The molecule has 1 aromatic carbocycles. The molecule has 110 valence electrons. The molecule has 1 saturated carbocycles. The van der Waals surface area contributed by atoms with Gasteiger partial charge >= 0.3 is 0 Å². The molecule has 1 nitrogen and oxygen atoms in total. The largest absolute Gasteiger partial charge is 0.492 e. The van der Waals surface area contributed by atoms with Gasteiger partial charge in [0.15, 0.2) is 0 Å². The molecule has 1 aliphatic carbocycles. The molecule has 20 heavy (non-hydrogen) atoms. The third-order valence-corrected chi connectivity index (χ3v) is 6.00. The Kier molecular flexibility index (Phi) is 3.52. The average molecular weight is 293 g/mol. The Bertz CT molecular complexity index is 500. The van der Waals surface area contributed by atoms with Crippen molar-refractivity contribution < 1.29 is 4.74 Å². The fourth-order valence-electron chi connectivity index (χ4n) is 3.71. The van der Waals surface area contributed by atoms with Crippen molar-refractivity contribution in [3.63, 3.8) is 0 Å². The minimum Gasteiger partial charge on any atom is -0.492 e. The van der Waals surface area contributed by atoms with Crippen LogP contribution in [-0.2, 0) is 5.41 Å². The van der Waals surface area contributed by atoms with E-state index >= 15 is 0 Å². The van der Waals surface area contributed by atoms with Gasteiger partial charge in [-0.3, -0.25) is 0 Å². The number of benzene rings is 1. The fraction of sp³-hybridized carbons (Fsp3) is 0.667. The van der Waals surface area contributed by atoms with Crippen molar-refractivity contribution in [3.05, 3.63) is 29.3 Å². The van der Waals surface area contributed by atoms with Gasteiger partial charge in [0.05, 0.1) is 12.0 Å². The number of ether oxygens (including phenoxy) is 1. The number of fused-ring (bicyclic) bond motifs is 1. The van der Waals surface area contributed by atoms with Gasteiger partial charge in [-0.25, -0.2) is 0 Å². The van der Waals surface area contributed by atoms with Gasteiger partial charge in [-0.2, -0.15) is 0 Å². The topological polar surface area (TPSA) is 9.23 Å². The second kappa shape index (κ2) is 4.94. The van der Waals surface area contributed by atoms with Crippen LogP contribution in [0.2, 0.25) is 0 Å². The third kappa shape index (κ3) is 2.35. The first-order chi connectivity index (χ1) is 9.42. The van der Waals surface area contributed by atoms with Gasteiger partial charge in [-0.05, 0) is 36.0 Å². The number of rotatable bonds is 2. The maximum Gasteiger partial charge on any atom is 0.123 e. The zero-order valence-corrected chi connectivity index (χ0v) is 13.6.